The molecule has 11 nitrogen and oxygen atoms in total. The van der Waals surface area contributed by atoms with Gasteiger partial charge in [-0.15, -0.1) is 0 Å². The summed E-state index contributed by atoms with van der Waals surface area (Å²) in [6, 6.07) is 9.58. The SMILES string of the molecule is C=CCOC(=O)C(C)(C)COC(=O)OC(C)N/N=C(/C#N)C(=N)c1cccc(COc2cc(C(F)(F)F)ccn2)c1. The molecule has 0 spiro atoms. The van der Waals surface area contributed by atoms with Crippen molar-refractivity contribution in [3.05, 3.63) is 71.9 Å². The average Bonchev–Trinajstić information content (AvgIpc) is 2.93. The van der Waals surface area contributed by atoms with Crippen LogP contribution in [0.15, 0.2) is 60.4 Å². The predicted molar refractivity (Wildman–Crippen MR) is 140 cm³/mol. The standard InChI is InChI=1S/C27H28F3N5O6/c1-5-11-38-24(36)26(3,4)16-40-25(37)41-17(2)34-35-21(14-31)23(32)19-8-6-7-18(12-19)15-39-22-13-20(9-10-33-22)27(28,29)30/h5-10,12-13,17,32,34H,1,11,15-16H2,2-4H3/b32-23?,35-21-. The van der Waals surface area contributed by atoms with E-state index in [1.807, 2.05) is 0 Å². The number of rotatable bonds is 13. The van der Waals surface area contributed by atoms with Crippen LogP contribution in [0.4, 0.5) is 18.0 Å². The maximum Gasteiger partial charge on any atom is 0.510 e. The Labute approximate surface area is 234 Å². The lowest BCUT2D eigenvalue weighted by Gasteiger charge is -2.22. The second-order valence-corrected chi connectivity index (χ2v) is 9.02. The number of carbonyl (C=O) groups excluding carboxylic acids is 2. The Hall–Kier alpha value is -4.93. The number of hydrogen-bond donors (Lipinski definition) is 2. The highest BCUT2D eigenvalue weighted by atomic mass is 19.4. The largest absolute Gasteiger partial charge is 0.510 e. The molecule has 0 saturated carbocycles. The van der Waals surface area contributed by atoms with Gasteiger partial charge >= 0.3 is 18.3 Å². The fourth-order valence-electron chi connectivity index (χ4n) is 2.90. The topological polar surface area (TPSA) is 156 Å². The van der Waals surface area contributed by atoms with Gasteiger partial charge in [0.2, 0.25) is 5.88 Å². The molecule has 2 rings (SSSR count). The van der Waals surface area contributed by atoms with Gasteiger partial charge in [-0.05, 0) is 38.5 Å². The molecule has 0 bridgehead atoms. The maximum atomic E-state index is 12.9. The highest BCUT2D eigenvalue weighted by Crippen LogP contribution is 2.30. The van der Waals surface area contributed by atoms with Gasteiger partial charge in [0.1, 0.15) is 25.9 Å². The molecule has 218 valence electrons. The Balaban J connectivity index is 1.95. The van der Waals surface area contributed by atoms with Crippen LogP contribution < -0.4 is 10.2 Å². The minimum Gasteiger partial charge on any atom is -0.473 e. The lowest BCUT2D eigenvalue weighted by Crippen LogP contribution is -2.34. The number of benzene rings is 1. The molecule has 0 aliphatic carbocycles. The van der Waals surface area contributed by atoms with Gasteiger partial charge in [-0.2, -0.15) is 23.5 Å². The Morgan fingerprint density at radius 2 is 1.98 bits per heavy atom. The van der Waals surface area contributed by atoms with E-state index in [1.54, 1.807) is 18.2 Å². The number of alkyl halides is 3. The summed E-state index contributed by atoms with van der Waals surface area (Å²) in [7, 11) is 0. The first-order valence-corrected chi connectivity index (χ1v) is 12.0. The molecule has 0 fully saturated rings. The quantitative estimate of drug-likeness (QED) is 0.113. The second kappa shape index (κ2) is 14.5. The minimum atomic E-state index is -4.54. The second-order valence-electron chi connectivity index (χ2n) is 9.02. The van der Waals surface area contributed by atoms with Crippen molar-refractivity contribution in [2.24, 2.45) is 10.5 Å². The van der Waals surface area contributed by atoms with Crippen LogP contribution in [0, 0.1) is 22.2 Å². The van der Waals surface area contributed by atoms with Gasteiger partial charge in [0, 0.05) is 17.8 Å². The van der Waals surface area contributed by atoms with Crippen molar-refractivity contribution in [1.29, 1.82) is 10.7 Å². The highest BCUT2D eigenvalue weighted by Gasteiger charge is 2.32. The molecule has 0 aliphatic rings. The summed E-state index contributed by atoms with van der Waals surface area (Å²) >= 11 is 0. The van der Waals surface area contributed by atoms with Gasteiger partial charge in [0.25, 0.3) is 0 Å². The predicted octanol–water partition coefficient (Wildman–Crippen LogP) is 4.77. The fourth-order valence-corrected chi connectivity index (χ4v) is 2.90. The van der Waals surface area contributed by atoms with Crippen LogP contribution in [0.2, 0.25) is 0 Å². The Morgan fingerprint density at radius 3 is 2.63 bits per heavy atom. The van der Waals surface area contributed by atoms with Crippen LogP contribution in [0.5, 0.6) is 5.88 Å². The Morgan fingerprint density at radius 1 is 1.24 bits per heavy atom. The molecule has 1 unspecified atom stereocenters. The van der Waals surface area contributed by atoms with Crippen molar-refractivity contribution in [1.82, 2.24) is 10.4 Å². The lowest BCUT2D eigenvalue weighted by atomic mass is 9.95. The van der Waals surface area contributed by atoms with Crippen LogP contribution in [0.1, 0.15) is 37.5 Å². The van der Waals surface area contributed by atoms with Crippen LogP contribution in [0.25, 0.3) is 0 Å². The molecule has 2 aromatic rings. The van der Waals surface area contributed by atoms with Crippen LogP contribution in [-0.2, 0) is 31.8 Å². The van der Waals surface area contributed by atoms with Gasteiger partial charge < -0.3 is 18.9 Å². The number of nitriles is 1. The minimum absolute atomic E-state index is 0.0112. The summed E-state index contributed by atoms with van der Waals surface area (Å²) in [4.78, 5) is 27.7. The molecule has 0 amide bonds. The third-order valence-corrected chi connectivity index (χ3v) is 5.07. The molecule has 14 heteroatoms. The Bertz CT molecular complexity index is 1340. The first kappa shape index (κ1) is 32.3. The summed E-state index contributed by atoms with van der Waals surface area (Å²) in [5.41, 5.74) is 0.504. The van der Waals surface area contributed by atoms with Crippen molar-refractivity contribution in [3.63, 3.8) is 0 Å². The number of ether oxygens (including phenoxy) is 4. The number of nitrogens with zero attached hydrogens (tertiary/aromatic N) is 3. The van der Waals surface area contributed by atoms with E-state index in [1.165, 1.54) is 39.0 Å². The van der Waals surface area contributed by atoms with Crippen LogP contribution in [0.3, 0.4) is 0 Å². The van der Waals surface area contributed by atoms with E-state index in [0.717, 1.165) is 18.3 Å². The molecule has 0 saturated heterocycles. The van der Waals surface area contributed by atoms with E-state index in [4.69, 9.17) is 24.4 Å². The van der Waals surface area contributed by atoms with Gasteiger partial charge in [-0.1, -0.05) is 30.9 Å². The van der Waals surface area contributed by atoms with Gasteiger partial charge in [0.15, 0.2) is 11.9 Å². The average molecular weight is 576 g/mol. The zero-order valence-electron chi connectivity index (χ0n) is 22.4. The monoisotopic (exact) mass is 575 g/mol. The first-order chi connectivity index (χ1) is 19.3. The number of nitrogens with one attached hydrogen (secondary N) is 2. The Kier molecular flexibility index (Phi) is 11.4. The van der Waals surface area contributed by atoms with Crippen LogP contribution in [-0.4, -0.2) is 48.0 Å². The number of hydrogen-bond acceptors (Lipinski definition) is 11. The van der Waals surface area contributed by atoms with Crippen molar-refractivity contribution in [2.45, 2.75) is 39.8 Å². The number of halogens is 3. The molecule has 0 aliphatic heterocycles. The molecule has 1 aromatic heterocycles. The third-order valence-electron chi connectivity index (χ3n) is 5.07. The zero-order chi connectivity index (χ0) is 30.6. The van der Waals surface area contributed by atoms with Gasteiger partial charge in [0.05, 0.1) is 16.7 Å². The summed E-state index contributed by atoms with van der Waals surface area (Å²) < 4.78 is 58.9. The van der Waals surface area contributed by atoms with Crippen molar-refractivity contribution in [3.8, 4) is 11.9 Å². The summed E-state index contributed by atoms with van der Waals surface area (Å²) in [6.45, 7) is 7.42. The number of esters is 1. The van der Waals surface area contributed by atoms with Crippen molar-refractivity contribution in [2.75, 3.05) is 13.2 Å². The van der Waals surface area contributed by atoms with Crippen LogP contribution >= 0.6 is 0 Å². The molecule has 41 heavy (non-hydrogen) atoms. The maximum absolute atomic E-state index is 12.9. The summed E-state index contributed by atoms with van der Waals surface area (Å²) in [5, 5.41) is 21.6. The number of pyridine rings is 1. The molecule has 1 aromatic carbocycles. The van der Waals surface area contributed by atoms with E-state index >= 15 is 0 Å². The summed E-state index contributed by atoms with van der Waals surface area (Å²) in [6.07, 6.45) is -4.34. The van der Waals surface area contributed by atoms with Crippen molar-refractivity contribution < 1.29 is 41.7 Å². The lowest BCUT2D eigenvalue weighted by molar-refractivity contribution is -0.155. The van der Waals surface area contributed by atoms with E-state index in [9.17, 15) is 28.0 Å². The molecular weight excluding hydrogens is 547 g/mol. The van der Waals surface area contributed by atoms with Gasteiger partial charge in [-0.25, -0.2) is 9.78 Å². The molecular formula is C27H28F3N5O6. The molecule has 2 N–H and O–H groups in total. The number of aromatic nitrogens is 1. The van der Waals surface area contributed by atoms with E-state index in [0.29, 0.717) is 5.56 Å². The van der Waals surface area contributed by atoms with Crippen molar-refractivity contribution >= 4 is 23.5 Å². The summed E-state index contributed by atoms with van der Waals surface area (Å²) in [5.74, 6) is -0.825. The molecule has 1 heterocycles. The number of carbonyl (C=O) groups is 2. The molecule has 0 radical (unpaired) electrons. The zero-order valence-corrected chi connectivity index (χ0v) is 22.4. The van der Waals surface area contributed by atoms with E-state index in [-0.39, 0.29) is 42.7 Å². The number of hydrazone groups is 1. The molecule has 1 atom stereocenters. The van der Waals surface area contributed by atoms with E-state index in [2.05, 4.69) is 22.1 Å². The first-order valence-electron chi connectivity index (χ1n) is 12.0. The van der Waals surface area contributed by atoms with Gasteiger partial charge in [-0.3, -0.25) is 15.6 Å². The highest BCUT2D eigenvalue weighted by molar-refractivity contribution is 6.52. The fraction of sp³-hybridized carbons (Fsp3) is 0.333. The van der Waals surface area contributed by atoms with E-state index < -0.39 is 35.5 Å². The smallest absolute Gasteiger partial charge is 0.473 e. The third kappa shape index (κ3) is 10.3. The normalized spacial score (nSPS) is 12.4.